The Hall–Kier alpha value is -2.17. The first-order valence-electron chi connectivity index (χ1n) is 8.31. The predicted molar refractivity (Wildman–Crippen MR) is 93.4 cm³/mol. The summed E-state index contributed by atoms with van der Waals surface area (Å²) in [6.45, 7) is 4.28. The van der Waals surface area contributed by atoms with Crippen LogP contribution in [-0.2, 0) is 6.42 Å². The van der Waals surface area contributed by atoms with Crippen LogP contribution in [0.25, 0.3) is 10.8 Å². The molecule has 0 bridgehead atoms. The Morgan fingerprint density at radius 2 is 1.87 bits per heavy atom. The first-order valence-corrected chi connectivity index (χ1v) is 8.31. The number of fused-ring (bicyclic) bond motifs is 1. The molecule has 23 heavy (non-hydrogen) atoms. The lowest BCUT2D eigenvalue weighted by atomic mass is 9.99. The molecule has 0 spiro atoms. The lowest BCUT2D eigenvalue weighted by Crippen LogP contribution is -2.45. The van der Waals surface area contributed by atoms with E-state index < -0.39 is 0 Å². The average Bonchev–Trinajstić information content (AvgIpc) is 3.14. The highest BCUT2D eigenvalue weighted by Gasteiger charge is 2.23. The van der Waals surface area contributed by atoms with Gasteiger partial charge >= 0.3 is 0 Å². The van der Waals surface area contributed by atoms with Crippen molar-refractivity contribution in [1.29, 1.82) is 0 Å². The number of hydrogen-bond donors (Lipinski definition) is 2. The first-order chi connectivity index (χ1) is 11.4. The molecule has 2 heterocycles. The van der Waals surface area contributed by atoms with Crippen LogP contribution in [-0.4, -0.2) is 41.0 Å². The molecule has 1 aromatic heterocycles. The monoisotopic (exact) mass is 306 g/mol. The Bertz CT molecular complexity index is 760. The van der Waals surface area contributed by atoms with Gasteiger partial charge in [0.2, 0.25) is 0 Å². The number of nitrogens with one attached hydrogen (secondary N) is 2. The standard InChI is InChI=1S/C19H22N4/c1-2-4-17-11-15(5-6-16(17)3-1)12-19(18-13-21-14-22-18)23-9-7-20-8-10-23/h1-6,11,13-14,19-20H,7-10,12H2,(H,21,22). The molecule has 0 radical (unpaired) electrons. The van der Waals surface area contributed by atoms with Crippen LogP contribution in [0.15, 0.2) is 55.0 Å². The molecule has 4 heteroatoms. The van der Waals surface area contributed by atoms with Gasteiger partial charge in [-0.2, -0.15) is 0 Å². The fourth-order valence-electron chi connectivity index (χ4n) is 3.47. The highest BCUT2D eigenvalue weighted by molar-refractivity contribution is 5.83. The van der Waals surface area contributed by atoms with E-state index in [0.29, 0.717) is 6.04 Å². The molecule has 4 nitrogen and oxygen atoms in total. The van der Waals surface area contributed by atoms with Crippen molar-refractivity contribution in [3.8, 4) is 0 Å². The first kappa shape index (κ1) is 14.4. The van der Waals surface area contributed by atoms with Gasteiger partial charge in [0, 0.05) is 32.4 Å². The molecule has 1 atom stereocenters. The zero-order chi connectivity index (χ0) is 15.5. The van der Waals surface area contributed by atoms with Crippen molar-refractivity contribution in [3.05, 3.63) is 66.2 Å². The van der Waals surface area contributed by atoms with Crippen LogP contribution in [0, 0.1) is 0 Å². The van der Waals surface area contributed by atoms with Crippen LogP contribution in [0.4, 0.5) is 0 Å². The van der Waals surface area contributed by atoms with Crippen LogP contribution in [0.3, 0.4) is 0 Å². The second kappa shape index (κ2) is 6.52. The number of rotatable bonds is 4. The summed E-state index contributed by atoms with van der Waals surface area (Å²) >= 11 is 0. The summed E-state index contributed by atoms with van der Waals surface area (Å²) in [5.74, 6) is 0. The molecule has 1 saturated heterocycles. The molecule has 1 unspecified atom stereocenters. The number of aromatic nitrogens is 2. The molecule has 2 N–H and O–H groups in total. The lowest BCUT2D eigenvalue weighted by Gasteiger charge is -2.34. The van der Waals surface area contributed by atoms with E-state index in [1.807, 2.05) is 6.20 Å². The summed E-state index contributed by atoms with van der Waals surface area (Å²) in [4.78, 5) is 10.1. The summed E-state index contributed by atoms with van der Waals surface area (Å²) in [5.41, 5.74) is 2.59. The molecule has 3 aromatic rings. The van der Waals surface area contributed by atoms with E-state index in [1.54, 1.807) is 6.33 Å². The quantitative estimate of drug-likeness (QED) is 0.779. The van der Waals surface area contributed by atoms with E-state index in [4.69, 9.17) is 0 Å². The van der Waals surface area contributed by atoms with E-state index in [0.717, 1.165) is 32.6 Å². The number of H-pyrrole nitrogens is 1. The van der Waals surface area contributed by atoms with Crippen molar-refractivity contribution in [2.24, 2.45) is 0 Å². The Morgan fingerprint density at radius 3 is 2.65 bits per heavy atom. The van der Waals surface area contributed by atoms with Gasteiger partial charge in [-0.3, -0.25) is 4.90 Å². The topological polar surface area (TPSA) is 44.0 Å². The molecule has 0 saturated carbocycles. The summed E-state index contributed by atoms with van der Waals surface area (Å²) < 4.78 is 0. The number of hydrogen-bond acceptors (Lipinski definition) is 3. The van der Waals surface area contributed by atoms with Gasteiger partial charge in [-0.1, -0.05) is 42.5 Å². The minimum Gasteiger partial charge on any atom is -0.347 e. The molecular weight excluding hydrogens is 284 g/mol. The van der Waals surface area contributed by atoms with Crippen molar-refractivity contribution in [2.45, 2.75) is 12.5 Å². The van der Waals surface area contributed by atoms with Crippen LogP contribution < -0.4 is 5.32 Å². The summed E-state index contributed by atoms with van der Waals surface area (Å²) in [7, 11) is 0. The van der Waals surface area contributed by atoms with Gasteiger partial charge in [0.05, 0.1) is 18.1 Å². The zero-order valence-electron chi connectivity index (χ0n) is 13.2. The lowest BCUT2D eigenvalue weighted by molar-refractivity contribution is 0.169. The van der Waals surface area contributed by atoms with Crippen LogP contribution in [0.1, 0.15) is 17.3 Å². The van der Waals surface area contributed by atoms with Gasteiger partial charge in [0.15, 0.2) is 0 Å². The molecule has 1 aliphatic heterocycles. The third kappa shape index (κ3) is 3.14. The number of aromatic amines is 1. The molecule has 2 aromatic carbocycles. The summed E-state index contributed by atoms with van der Waals surface area (Å²) in [6.07, 6.45) is 4.76. The highest BCUT2D eigenvalue weighted by atomic mass is 15.2. The fourth-order valence-corrected chi connectivity index (χ4v) is 3.47. The van der Waals surface area contributed by atoms with E-state index in [-0.39, 0.29) is 0 Å². The maximum atomic E-state index is 4.23. The normalized spacial score (nSPS) is 17.4. The van der Waals surface area contributed by atoms with Gasteiger partial charge in [0.25, 0.3) is 0 Å². The van der Waals surface area contributed by atoms with Crippen LogP contribution in [0.2, 0.25) is 0 Å². The largest absolute Gasteiger partial charge is 0.347 e. The maximum absolute atomic E-state index is 4.23. The van der Waals surface area contributed by atoms with Gasteiger partial charge in [-0.05, 0) is 22.8 Å². The third-order valence-corrected chi connectivity index (χ3v) is 4.71. The number of nitrogens with zero attached hydrogens (tertiary/aromatic N) is 2. The summed E-state index contributed by atoms with van der Waals surface area (Å²) in [6, 6.07) is 15.7. The molecule has 1 aliphatic rings. The van der Waals surface area contributed by atoms with Gasteiger partial charge in [-0.15, -0.1) is 0 Å². The Morgan fingerprint density at radius 1 is 1.04 bits per heavy atom. The van der Waals surface area contributed by atoms with Crippen molar-refractivity contribution >= 4 is 10.8 Å². The second-order valence-electron chi connectivity index (χ2n) is 6.19. The Kier molecular flexibility index (Phi) is 4.09. The highest BCUT2D eigenvalue weighted by Crippen LogP contribution is 2.25. The Labute approximate surface area is 136 Å². The smallest absolute Gasteiger partial charge is 0.0922 e. The minimum atomic E-state index is 0.362. The second-order valence-corrected chi connectivity index (χ2v) is 6.19. The zero-order valence-corrected chi connectivity index (χ0v) is 13.2. The van der Waals surface area contributed by atoms with Crippen molar-refractivity contribution in [3.63, 3.8) is 0 Å². The van der Waals surface area contributed by atoms with E-state index in [1.165, 1.54) is 22.0 Å². The van der Waals surface area contributed by atoms with Crippen molar-refractivity contribution in [1.82, 2.24) is 20.2 Å². The minimum absolute atomic E-state index is 0.362. The number of benzene rings is 2. The fraction of sp³-hybridized carbons (Fsp3) is 0.316. The molecule has 118 valence electrons. The van der Waals surface area contributed by atoms with Gasteiger partial charge in [0.1, 0.15) is 0 Å². The SMILES string of the molecule is c1ccc2cc(CC(c3cnc[nH]3)N3CCNCC3)ccc2c1. The maximum Gasteiger partial charge on any atom is 0.0922 e. The molecule has 0 amide bonds. The van der Waals surface area contributed by atoms with E-state index >= 15 is 0 Å². The van der Waals surface area contributed by atoms with Crippen LogP contribution >= 0.6 is 0 Å². The van der Waals surface area contributed by atoms with E-state index in [9.17, 15) is 0 Å². The number of imidazole rings is 1. The van der Waals surface area contributed by atoms with Crippen LogP contribution in [0.5, 0.6) is 0 Å². The predicted octanol–water partition coefficient (Wildman–Crippen LogP) is 2.75. The molecular formula is C19H22N4. The molecule has 0 aliphatic carbocycles. The summed E-state index contributed by atoms with van der Waals surface area (Å²) in [5, 5.41) is 6.05. The van der Waals surface area contributed by atoms with Crippen molar-refractivity contribution < 1.29 is 0 Å². The number of piperazine rings is 1. The van der Waals surface area contributed by atoms with E-state index in [2.05, 4.69) is 62.6 Å². The van der Waals surface area contributed by atoms with Crippen molar-refractivity contribution in [2.75, 3.05) is 26.2 Å². The third-order valence-electron chi connectivity index (χ3n) is 4.71. The molecule has 1 fully saturated rings. The van der Waals surface area contributed by atoms with Gasteiger partial charge < -0.3 is 10.3 Å². The average molecular weight is 306 g/mol. The molecule has 4 rings (SSSR count). The Balaban J connectivity index is 1.63. The van der Waals surface area contributed by atoms with Gasteiger partial charge in [-0.25, -0.2) is 4.98 Å².